The first-order chi connectivity index (χ1) is 6.20. The van der Waals surface area contributed by atoms with Gasteiger partial charge in [-0.25, -0.2) is 0 Å². The lowest BCUT2D eigenvalue weighted by atomic mass is 9.86. The van der Waals surface area contributed by atoms with Gasteiger partial charge in [0.15, 0.2) is 5.78 Å². The van der Waals surface area contributed by atoms with E-state index in [0.717, 1.165) is 18.4 Å². The molecule has 0 amide bonds. The van der Waals surface area contributed by atoms with Gasteiger partial charge in [0.2, 0.25) is 0 Å². The average molecular weight is 216 g/mol. The Kier molecular flexibility index (Phi) is 4.39. The molecule has 0 aromatic heterocycles. The van der Waals surface area contributed by atoms with Crippen molar-refractivity contribution in [3.8, 4) is 0 Å². The topological polar surface area (TPSA) is 17.1 Å². The van der Waals surface area contributed by atoms with E-state index in [1.165, 1.54) is 10.7 Å². The number of thioether (sulfide) groups is 2. The Morgan fingerprint density at radius 2 is 2.00 bits per heavy atom. The number of hydrogen-bond acceptors (Lipinski definition) is 3. The van der Waals surface area contributed by atoms with Crippen LogP contribution in [0, 0.1) is 5.92 Å². The maximum absolute atomic E-state index is 11.7. The highest BCUT2D eigenvalue weighted by atomic mass is 32.2. The summed E-state index contributed by atoms with van der Waals surface area (Å²) in [4.78, 5) is 11.7. The molecule has 1 rings (SSSR count). The summed E-state index contributed by atoms with van der Waals surface area (Å²) in [6.45, 7) is 2.17. The molecule has 0 radical (unpaired) electrons. The van der Waals surface area contributed by atoms with E-state index in [0.29, 0.717) is 11.7 Å². The summed E-state index contributed by atoms with van der Waals surface area (Å²) in [6, 6.07) is 0. The number of carbonyl (C=O) groups is 1. The smallest absolute Gasteiger partial charge is 0.160 e. The van der Waals surface area contributed by atoms with Crippen LogP contribution >= 0.6 is 23.5 Å². The molecule has 0 spiro atoms. The Morgan fingerprint density at radius 1 is 1.38 bits per heavy atom. The van der Waals surface area contributed by atoms with Gasteiger partial charge in [0.1, 0.15) is 0 Å². The van der Waals surface area contributed by atoms with Crippen LogP contribution in [-0.4, -0.2) is 18.3 Å². The third kappa shape index (κ3) is 2.53. The summed E-state index contributed by atoms with van der Waals surface area (Å²) in [5, 5.41) is 0. The third-order valence-electron chi connectivity index (χ3n) is 2.42. The van der Waals surface area contributed by atoms with Crippen LogP contribution in [0.2, 0.25) is 0 Å². The molecule has 0 aromatic carbocycles. The van der Waals surface area contributed by atoms with Gasteiger partial charge in [-0.2, -0.15) is 0 Å². The molecule has 13 heavy (non-hydrogen) atoms. The lowest BCUT2D eigenvalue weighted by Gasteiger charge is -2.22. The largest absolute Gasteiger partial charge is 0.294 e. The lowest BCUT2D eigenvalue weighted by Crippen LogP contribution is -2.17. The highest BCUT2D eigenvalue weighted by Crippen LogP contribution is 2.36. The zero-order valence-electron chi connectivity index (χ0n) is 8.42. The van der Waals surface area contributed by atoms with Gasteiger partial charge in [0.05, 0.1) is 0 Å². The molecule has 0 aromatic rings. The standard InChI is InChI=1S/C10H16OS2/c1-7-5-4-6-8(11)9(7)10(12-2)13-3/h7H,4-6H2,1-3H3. The fourth-order valence-corrected chi connectivity index (χ4v) is 3.48. The molecule has 0 heterocycles. The van der Waals surface area contributed by atoms with Crippen LogP contribution in [0.5, 0.6) is 0 Å². The lowest BCUT2D eigenvalue weighted by molar-refractivity contribution is -0.117. The maximum atomic E-state index is 11.7. The second-order valence-electron chi connectivity index (χ2n) is 3.33. The second-order valence-corrected chi connectivity index (χ2v) is 5.22. The molecule has 1 aliphatic carbocycles. The van der Waals surface area contributed by atoms with Crippen molar-refractivity contribution in [2.24, 2.45) is 5.92 Å². The van der Waals surface area contributed by atoms with Crippen LogP contribution in [0.1, 0.15) is 26.2 Å². The SMILES string of the molecule is CSC(SC)=C1C(=O)CCCC1C. The normalized spacial score (nSPS) is 23.5. The molecule has 0 bridgehead atoms. The van der Waals surface area contributed by atoms with Gasteiger partial charge in [0, 0.05) is 16.2 Å². The van der Waals surface area contributed by atoms with Crippen LogP contribution in [0.4, 0.5) is 0 Å². The van der Waals surface area contributed by atoms with E-state index in [4.69, 9.17) is 0 Å². The summed E-state index contributed by atoms with van der Waals surface area (Å²) in [6.07, 6.45) is 7.09. The highest BCUT2D eigenvalue weighted by Gasteiger charge is 2.24. The Balaban J connectivity index is 2.95. The van der Waals surface area contributed by atoms with E-state index in [2.05, 4.69) is 6.92 Å². The number of hydrogen-bond donors (Lipinski definition) is 0. The minimum atomic E-state index is 0.373. The number of carbonyl (C=O) groups excluding carboxylic acids is 1. The molecule has 0 saturated heterocycles. The van der Waals surface area contributed by atoms with Crippen molar-refractivity contribution in [2.75, 3.05) is 12.5 Å². The van der Waals surface area contributed by atoms with Crippen molar-refractivity contribution >= 4 is 29.3 Å². The van der Waals surface area contributed by atoms with E-state index < -0.39 is 0 Å². The van der Waals surface area contributed by atoms with Crippen LogP contribution in [0.15, 0.2) is 9.81 Å². The van der Waals surface area contributed by atoms with Gasteiger partial charge in [-0.3, -0.25) is 4.79 Å². The van der Waals surface area contributed by atoms with Gasteiger partial charge in [-0.15, -0.1) is 23.5 Å². The van der Waals surface area contributed by atoms with Crippen molar-refractivity contribution in [2.45, 2.75) is 26.2 Å². The first kappa shape index (κ1) is 11.2. The average Bonchev–Trinajstić information content (AvgIpc) is 2.11. The maximum Gasteiger partial charge on any atom is 0.160 e. The van der Waals surface area contributed by atoms with E-state index in [1.54, 1.807) is 23.5 Å². The molecular weight excluding hydrogens is 200 g/mol. The third-order valence-corrected chi connectivity index (χ3v) is 4.61. The molecule has 1 fully saturated rings. The Hall–Kier alpha value is 0.110. The van der Waals surface area contributed by atoms with Crippen molar-refractivity contribution in [3.63, 3.8) is 0 Å². The fraction of sp³-hybridized carbons (Fsp3) is 0.700. The molecule has 1 nitrogen and oxygen atoms in total. The number of rotatable bonds is 2. The number of Topliss-reactive ketones (excluding diaryl/α,β-unsaturated/α-hetero) is 1. The molecule has 1 unspecified atom stereocenters. The number of ketones is 1. The zero-order chi connectivity index (χ0) is 9.84. The number of allylic oxidation sites excluding steroid dienone is 1. The molecular formula is C10H16OS2. The van der Waals surface area contributed by atoms with E-state index >= 15 is 0 Å². The summed E-state index contributed by atoms with van der Waals surface area (Å²) >= 11 is 3.41. The van der Waals surface area contributed by atoms with Crippen LogP contribution < -0.4 is 0 Å². The molecule has 1 aliphatic rings. The van der Waals surface area contributed by atoms with Gasteiger partial charge in [-0.05, 0) is 31.3 Å². The molecule has 0 N–H and O–H groups in total. The molecule has 0 aliphatic heterocycles. The van der Waals surface area contributed by atoms with Crippen LogP contribution in [0.3, 0.4) is 0 Å². The predicted molar refractivity (Wildman–Crippen MR) is 62.1 cm³/mol. The Morgan fingerprint density at radius 3 is 2.46 bits per heavy atom. The molecule has 74 valence electrons. The van der Waals surface area contributed by atoms with E-state index in [9.17, 15) is 4.79 Å². The Bertz CT molecular complexity index is 227. The van der Waals surface area contributed by atoms with Crippen molar-refractivity contribution in [1.29, 1.82) is 0 Å². The summed E-state index contributed by atoms with van der Waals surface area (Å²) in [5.74, 6) is 0.841. The van der Waals surface area contributed by atoms with E-state index in [-0.39, 0.29) is 0 Å². The predicted octanol–water partition coefficient (Wildman–Crippen LogP) is 3.31. The van der Waals surface area contributed by atoms with Gasteiger partial charge in [0.25, 0.3) is 0 Å². The zero-order valence-corrected chi connectivity index (χ0v) is 10.1. The van der Waals surface area contributed by atoms with Crippen molar-refractivity contribution in [3.05, 3.63) is 9.81 Å². The van der Waals surface area contributed by atoms with E-state index in [1.807, 2.05) is 12.5 Å². The van der Waals surface area contributed by atoms with Gasteiger partial charge >= 0.3 is 0 Å². The first-order valence-corrected chi connectivity index (χ1v) is 7.01. The molecule has 3 heteroatoms. The van der Waals surface area contributed by atoms with Crippen molar-refractivity contribution < 1.29 is 4.79 Å². The quantitative estimate of drug-likeness (QED) is 0.659. The molecule has 1 atom stereocenters. The minimum absolute atomic E-state index is 0.373. The summed E-state index contributed by atoms with van der Waals surface area (Å²) in [7, 11) is 0. The van der Waals surface area contributed by atoms with Crippen molar-refractivity contribution in [1.82, 2.24) is 0 Å². The van der Waals surface area contributed by atoms with Crippen LogP contribution in [0.25, 0.3) is 0 Å². The van der Waals surface area contributed by atoms with Crippen LogP contribution in [-0.2, 0) is 4.79 Å². The Labute approximate surface area is 88.7 Å². The second kappa shape index (κ2) is 5.11. The summed E-state index contributed by atoms with van der Waals surface area (Å²) < 4.78 is 1.22. The first-order valence-electron chi connectivity index (χ1n) is 4.56. The summed E-state index contributed by atoms with van der Waals surface area (Å²) in [5.41, 5.74) is 1.09. The van der Waals surface area contributed by atoms with Gasteiger partial charge in [-0.1, -0.05) is 6.92 Å². The van der Waals surface area contributed by atoms with Gasteiger partial charge < -0.3 is 0 Å². The highest BCUT2D eigenvalue weighted by molar-refractivity contribution is 8.21. The fourth-order valence-electron chi connectivity index (χ4n) is 1.74. The monoisotopic (exact) mass is 216 g/mol. The minimum Gasteiger partial charge on any atom is -0.294 e. The molecule has 1 saturated carbocycles.